The van der Waals surface area contributed by atoms with Gasteiger partial charge in [0.05, 0.1) is 0 Å². The van der Waals surface area contributed by atoms with E-state index in [2.05, 4.69) is 6.92 Å². The largest absolute Gasteiger partial charge is 0.342 e. The summed E-state index contributed by atoms with van der Waals surface area (Å²) in [6.07, 6.45) is 6.38. The van der Waals surface area contributed by atoms with E-state index in [0.29, 0.717) is 12.3 Å². The molecule has 92 valence electrons. The molecule has 0 unspecified atom stereocenters. The lowest BCUT2D eigenvalue weighted by Crippen LogP contribution is -2.31. The molecule has 0 atom stereocenters. The van der Waals surface area contributed by atoms with Crippen LogP contribution in [-0.4, -0.2) is 30.7 Å². The van der Waals surface area contributed by atoms with E-state index in [-0.39, 0.29) is 11.7 Å². The van der Waals surface area contributed by atoms with E-state index in [1.165, 1.54) is 24.2 Å². The van der Waals surface area contributed by atoms with E-state index in [4.69, 9.17) is 0 Å². The van der Waals surface area contributed by atoms with Crippen molar-refractivity contribution >= 4 is 11.7 Å². The molecule has 0 radical (unpaired) electrons. The highest BCUT2D eigenvalue weighted by molar-refractivity contribution is 6.35. The van der Waals surface area contributed by atoms with Gasteiger partial charge in [0.1, 0.15) is 0 Å². The molecule has 0 aromatic rings. The highest BCUT2D eigenvalue weighted by Gasteiger charge is 2.25. The summed E-state index contributed by atoms with van der Waals surface area (Å²) in [5, 5.41) is 0. The van der Waals surface area contributed by atoms with Gasteiger partial charge in [-0.05, 0) is 24.7 Å². The number of rotatable bonds is 4. The normalized spacial score (nSPS) is 25.2. The molecule has 16 heavy (non-hydrogen) atoms. The lowest BCUT2D eigenvalue weighted by molar-refractivity contribution is -0.143. The number of carbonyl (C=O) groups excluding carboxylic acids is 2. The summed E-state index contributed by atoms with van der Waals surface area (Å²) in [5.41, 5.74) is 0. The van der Waals surface area contributed by atoms with Gasteiger partial charge in [0, 0.05) is 20.5 Å². The van der Waals surface area contributed by atoms with Crippen LogP contribution in [0.25, 0.3) is 0 Å². The van der Waals surface area contributed by atoms with Crippen molar-refractivity contribution in [3.05, 3.63) is 0 Å². The van der Waals surface area contributed by atoms with Gasteiger partial charge in [-0.1, -0.05) is 26.2 Å². The van der Waals surface area contributed by atoms with Crippen molar-refractivity contribution in [2.24, 2.45) is 11.8 Å². The number of amides is 1. The summed E-state index contributed by atoms with van der Waals surface area (Å²) >= 11 is 0. The molecule has 0 aromatic carbocycles. The van der Waals surface area contributed by atoms with Gasteiger partial charge in [0.2, 0.25) is 5.78 Å². The van der Waals surface area contributed by atoms with Crippen LogP contribution in [0.15, 0.2) is 0 Å². The van der Waals surface area contributed by atoms with Gasteiger partial charge in [0.15, 0.2) is 0 Å². The van der Waals surface area contributed by atoms with Crippen LogP contribution >= 0.6 is 0 Å². The van der Waals surface area contributed by atoms with E-state index in [9.17, 15) is 9.59 Å². The van der Waals surface area contributed by atoms with Crippen molar-refractivity contribution in [1.82, 2.24) is 4.90 Å². The standard InChI is InChI=1S/C13H23NO2/c1-4-10-5-7-11(8-6-10)9-12(15)13(16)14(2)3/h10-11H,4-9H2,1-3H3. The van der Waals surface area contributed by atoms with Crippen LogP contribution in [0.2, 0.25) is 0 Å². The van der Waals surface area contributed by atoms with Gasteiger partial charge in [0.25, 0.3) is 5.91 Å². The zero-order valence-electron chi connectivity index (χ0n) is 10.7. The van der Waals surface area contributed by atoms with Crippen molar-refractivity contribution in [3.63, 3.8) is 0 Å². The van der Waals surface area contributed by atoms with Crippen LogP contribution < -0.4 is 0 Å². The van der Waals surface area contributed by atoms with Gasteiger partial charge in [-0.2, -0.15) is 0 Å². The lowest BCUT2D eigenvalue weighted by atomic mass is 9.79. The summed E-state index contributed by atoms with van der Waals surface area (Å²) in [6, 6.07) is 0. The average Bonchev–Trinajstić information content (AvgIpc) is 2.28. The van der Waals surface area contributed by atoms with Gasteiger partial charge >= 0.3 is 0 Å². The smallest absolute Gasteiger partial charge is 0.289 e. The Morgan fingerprint density at radius 2 is 1.56 bits per heavy atom. The molecule has 1 fully saturated rings. The summed E-state index contributed by atoms with van der Waals surface area (Å²) in [7, 11) is 3.27. The fourth-order valence-corrected chi connectivity index (χ4v) is 2.44. The van der Waals surface area contributed by atoms with Gasteiger partial charge in [-0.25, -0.2) is 0 Å². The minimum absolute atomic E-state index is 0.218. The zero-order valence-corrected chi connectivity index (χ0v) is 10.7. The molecule has 1 aliphatic rings. The molecule has 0 spiro atoms. The highest BCUT2D eigenvalue weighted by Crippen LogP contribution is 2.32. The number of Topliss-reactive ketones (excluding diaryl/α,β-unsaturated/α-hetero) is 1. The maximum absolute atomic E-state index is 11.6. The first kappa shape index (κ1) is 13.2. The molecule has 1 rings (SSSR count). The highest BCUT2D eigenvalue weighted by atomic mass is 16.2. The van der Waals surface area contributed by atoms with Crippen molar-refractivity contribution in [2.45, 2.75) is 45.4 Å². The first-order valence-corrected chi connectivity index (χ1v) is 6.29. The molecule has 1 aliphatic carbocycles. The summed E-state index contributed by atoms with van der Waals surface area (Å²) < 4.78 is 0. The molecule has 1 amide bonds. The molecule has 0 aromatic heterocycles. The summed E-state index contributed by atoms with van der Waals surface area (Å²) in [5.74, 6) is 0.720. The topological polar surface area (TPSA) is 37.4 Å². The molecule has 0 aliphatic heterocycles. The van der Waals surface area contributed by atoms with Crippen LogP contribution in [0.3, 0.4) is 0 Å². The predicted octanol–water partition coefficient (Wildman–Crippen LogP) is 2.25. The first-order chi connectivity index (χ1) is 7.54. The van der Waals surface area contributed by atoms with Crippen LogP contribution in [0.4, 0.5) is 0 Å². The number of hydrogen-bond acceptors (Lipinski definition) is 2. The van der Waals surface area contributed by atoms with Crippen molar-refractivity contribution < 1.29 is 9.59 Å². The minimum Gasteiger partial charge on any atom is -0.342 e. The summed E-state index contributed by atoms with van der Waals surface area (Å²) in [6.45, 7) is 2.23. The molecular formula is C13H23NO2. The van der Waals surface area contributed by atoms with Gasteiger partial charge in [-0.15, -0.1) is 0 Å². The lowest BCUT2D eigenvalue weighted by Gasteiger charge is -2.27. The molecule has 3 heteroatoms. The second-order valence-corrected chi connectivity index (χ2v) is 5.12. The quantitative estimate of drug-likeness (QED) is 0.688. The third kappa shape index (κ3) is 3.62. The fourth-order valence-electron chi connectivity index (χ4n) is 2.44. The zero-order chi connectivity index (χ0) is 12.1. The Hall–Kier alpha value is -0.860. The Labute approximate surface area is 98.2 Å². The van der Waals surface area contributed by atoms with Crippen LogP contribution in [0.1, 0.15) is 45.4 Å². The van der Waals surface area contributed by atoms with Crippen LogP contribution in [-0.2, 0) is 9.59 Å². The molecule has 0 heterocycles. The van der Waals surface area contributed by atoms with Crippen LogP contribution in [0, 0.1) is 11.8 Å². The second-order valence-electron chi connectivity index (χ2n) is 5.12. The minimum atomic E-state index is -0.349. The molecule has 0 saturated heterocycles. The van der Waals surface area contributed by atoms with E-state index in [1.807, 2.05) is 0 Å². The predicted molar refractivity (Wildman–Crippen MR) is 64.1 cm³/mol. The SMILES string of the molecule is CCC1CCC(CC(=O)C(=O)N(C)C)CC1. The number of carbonyl (C=O) groups is 2. The number of nitrogens with zero attached hydrogens (tertiary/aromatic N) is 1. The molecule has 1 saturated carbocycles. The fraction of sp³-hybridized carbons (Fsp3) is 0.846. The Balaban J connectivity index is 2.34. The summed E-state index contributed by atoms with van der Waals surface area (Å²) in [4.78, 5) is 24.4. The van der Waals surface area contributed by atoms with Crippen molar-refractivity contribution in [2.75, 3.05) is 14.1 Å². The Morgan fingerprint density at radius 3 is 2.00 bits per heavy atom. The van der Waals surface area contributed by atoms with E-state index in [0.717, 1.165) is 18.8 Å². The van der Waals surface area contributed by atoms with Gasteiger partial charge in [-0.3, -0.25) is 9.59 Å². The second kappa shape index (κ2) is 6.02. The van der Waals surface area contributed by atoms with E-state index < -0.39 is 0 Å². The maximum Gasteiger partial charge on any atom is 0.289 e. The molecule has 0 N–H and O–H groups in total. The van der Waals surface area contributed by atoms with E-state index in [1.54, 1.807) is 14.1 Å². The average molecular weight is 225 g/mol. The van der Waals surface area contributed by atoms with Crippen molar-refractivity contribution in [1.29, 1.82) is 0 Å². The Kier molecular flexibility index (Phi) is 4.97. The number of ketones is 1. The monoisotopic (exact) mass is 225 g/mol. The third-order valence-electron chi connectivity index (χ3n) is 3.66. The maximum atomic E-state index is 11.6. The number of hydrogen-bond donors (Lipinski definition) is 0. The van der Waals surface area contributed by atoms with Gasteiger partial charge < -0.3 is 4.90 Å². The number of likely N-dealkylation sites (N-methyl/N-ethyl adjacent to an activating group) is 1. The van der Waals surface area contributed by atoms with Crippen molar-refractivity contribution in [3.8, 4) is 0 Å². The van der Waals surface area contributed by atoms with E-state index >= 15 is 0 Å². The third-order valence-corrected chi connectivity index (χ3v) is 3.66. The first-order valence-electron chi connectivity index (χ1n) is 6.29. The Morgan fingerprint density at radius 1 is 1.06 bits per heavy atom. The Bertz CT molecular complexity index is 253. The molecule has 3 nitrogen and oxygen atoms in total. The molecular weight excluding hydrogens is 202 g/mol. The van der Waals surface area contributed by atoms with Crippen LogP contribution in [0.5, 0.6) is 0 Å². The molecule has 0 bridgehead atoms.